The predicted octanol–water partition coefficient (Wildman–Crippen LogP) is 4.84. The van der Waals surface area contributed by atoms with Gasteiger partial charge >= 0.3 is 0 Å². The summed E-state index contributed by atoms with van der Waals surface area (Å²) in [6.07, 6.45) is 3.89. The fourth-order valence-corrected chi connectivity index (χ4v) is 4.21. The van der Waals surface area contributed by atoms with Crippen LogP contribution in [0.4, 0.5) is 0 Å². The average molecular weight is 354 g/mol. The first-order valence-electron chi connectivity index (χ1n) is 9.36. The smallest absolute Gasteiger partial charge is 0.218 e. The molecule has 0 N–H and O–H groups in total. The number of fused-ring (bicyclic) bond motifs is 4. The van der Waals surface area contributed by atoms with Crippen molar-refractivity contribution in [2.45, 2.75) is 50.9 Å². The van der Waals surface area contributed by atoms with Crippen molar-refractivity contribution in [3.05, 3.63) is 53.1 Å². The van der Waals surface area contributed by atoms with E-state index in [4.69, 9.17) is 18.9 Å². The van der Waals surface area contributed by atoms with Crippen molar-refractivity contribution in [2.24, 2.45) is 0 Å². The second kappa shape index (κ2) is 6.84. The van der Waals surface area contributed by atoms with E-state index in [1.807, 2.05) is 12.1 Å². The predicted molar refractivity (Wildman–Crippen MR) is 100 cm³/mol. The monoisotopic (exact) mass is 354 g/mol. The van der Waals surface area contributed by atoms with Crippen molar-refractivity contribution >= 4 is 0 Å². The van der Waals surface area contributed by atoms with Crippen LogP contribution in [0, 0.1) is 0 Å². The number of hydrogen-bond donors (Lipinski definition) is 0. The third kappa shape index (κ3) is 2.73. The van der Waals surface area contributed by atoms with Gasteiger partial charge in [-0.1, -0.05) is 37.6 Å². The highest BCUT2D eigenvalue weighted by Gasteiger charge is 2.50. The molecule has 0 fully saturated rings. The molecule has 2 heterocycles. The van der Waals surface area contributed by atoms with E-state index >= 15 is 0 Å². The molecule has 2 aliphatic heterocycles. The summed E-state index contributed by atoms with van der Waals surface area (Å²) < 4.78 is 24.0. The highest BCUT2D eigenvalue weighted by atomic mass is 16.7. The molecule has 0 radical (unpaired) electrons. The molecule has 4 rings (SSSR count). The average Bonchev–Trinajstić information content (AvgIpc) is 2.69. The second-order valence-electron chi connectivity index (χ2n) is 7.07. The molecule has 4 nitrogen and oxygen atoms in total. The van der Waals surface area contributed by atoms with Gasteiger partial charge in [-0.2, -0.15) is 0 Å². The van der Waals surface area contributed by atoms with Gasteiger partial charge in [-0.25, -0.2) is 0 Å². The Morgan fingerprint density at radius 2 is 2.00 bits per heavy atom. The summed E-state index contributed by atoms with van der Waals surface area (Å²) in [5.41, 5.74) is 3.67. The Kier molecular flexibility index (Phi) is 4.53. The third-order valence-electron chi connectivity index (χ3n) is 5.60. The number of hydrogen-bond acceptors (Lipinski definition) is 4. The zero-order chi connectivity index (χ0) is 18.1. The molecule has 0 saturated carbocycles. The first-order chi connectivity index (χ1) is 12.7. The molecule has 2 aliphatic rings. The van der Waals surface area contributed by atoms with Crippen LogP contribution in [-0.4, -0.2) is 20.0 Å². The van der Waals surface area contributed by atoms with Gasteiger partial charge in [-0.15, -0.1) is 0 Å². The minimum absolute atomic E-state index is 0.161. The van der Waals surface area contributed by atoms with Gasteiger partial charge in [0.05, 0.1) is 26.7 Å². The van der Waals surface area contributed by atoms with Gasteiger partial charge in [0.1, 0.15) is 17.2 Å². The Bertz CT molecular complexity index is 801. The molecule has 2 aromatic carbocycles. The maximum Gasteiger partial charge on any atom is 0.218 e. The van der Waals surface area contributed by atoms with E-state index in [9.17, 15) is 0 Å². The summed E-state index contributed by atoms with van der Waals surface area (Å²) >= 11 is 0. The highest BCUT2D eigenvalue weighted by molar-refractivity contribution is 5.54. The van der Waals surface area contributed by atoms with Crippen LogP contribution in [0.1, 0.15) is 48.8 Å². The van der Waals surface area contributed by atoms with E-state index < -0.39 is 5.79 Å². The molecule has 0 aromatic heterocycles. The maximum atomic E-state index is 6.59. The summed E-state index contributed by atoms with van der Waals surface area (Å²) in [5.74, 6) is 1.91. The lowest BCUT2D eigenvalue weighted by molar-refractivity contribution is -0.226. The Morgan fingerprint density at radius 1 is 1.15 bits per heavy atom. The number of unbranched alkanes of at least 4 members (excludes halogenated alkanes) is 1. The minimum Gasteiger partial charge on any atom is -0.496 e. The molecule has 0 spiro atoms. The van der Waals surface area contributed by atoms with Crippen LogP contribution in [0.5, 0.6) is 17.2 Å². The molecule has 0 saturated heterocycles. The fourth-order valence-electron chi connectivity index (χ4n) is 4.21. The van der Waals surface area contributed by atoms with Gasteiger partial charge in [-0.05, 0) is 24.0 Å². The van der Waals surface area contributed by atoms with Gasteiger partial charge in [0.15, 0.2) is 0 Å². The third-order valence-corrected chi connectivity index (χ3v) is 5.60. The Labute approximate surface area is 155 Å². The number of rotatable bonds is 5. The Morgan fingerprint density at radius 3 is 2.77 bits per heavy atom. The highest BCUT2D eigenvalue weighted by Crippen LogP contribution is 2.52. The molecule has 26 heavy (non-hydrogen) atoms. The van der Waals surface area contributed by atoms with E-state index in [1.165, 1.54) is 11.1 Å². The Hall–Kier alpha value is -2.20. The summed E-state index contributed by atoms with van der Waals surface area (Å²) in [4.78, 5) is 0. The lowest BCUT2D eigenvalue weighted by Gasteiger charge is -2.48. The molecular weight excluding hydrogens is 328 g/mol. The summed E-state index contributed by atoms with van der Waals surface area (Å²) in [7, 11) is 3.35. The largest absolute Gasteiger partial charge is 0.496 e. The van der Waals surface area contributed by atoms with Crippen molar-refractivity contribution in [3.63, 3.8) is 0 Å². The summed E-state index contributed by atoms with van der Waals surface area (Å²) in [6, 6.07) is 12.4. The maximum absolute atomic E-state index is 6.59. The van der Waals surface area contributed by atoms with Crippen LogP contribution in [0.15, 0.2) is 36.4 Å². The van der Waals surface area contributed by atoms with Crippen LogP contribution in [-0.2, 0) is 17.8 Å². The fraction of sp³-hybridized carbons (Fsp3) is 0.455. The van der Waals surface area contributed by atoms with E-state index in [2.05, 4.69) is 31.2 Å². The number of benzene rings is 2. The first kappa shape index (κ1) is 17.2. The zero-order valence-electron chi connectivity index (χ0n) is 15.7. The van der Waals surface area contributed by atoms with E-state index in [-0.39, 0.29) is 5.92 Å². The van der Waals surface area contributed by atoms with E-state index in [0.717, 1.165) is 48.5 Å². The molecule has 0 unspecified atom stereocenters. The Balaban J connectivity index is 1.83. The SMILES string of the molecule is CCCC[C@@]12OCc3ccccc3[C@@H]1Cc1c(OC)cc(OC)cc1O2. The van der Waals surface area contributed by atoms with Gasteiger partial charge in [0, 0.05) is 24.1 Å². The van der Waals surface area contributed by atoms with Crippen molar-refractivity contribution in [2.75, 3.05) is 14.2 Å². The lowest BCUT2D eigenvalue weighted by Crippen LogP contribution is -2.51. The van der Waals surface area contributed by atoms with Crippen LogP contribution in [0.3, 0.4) is 0 Å². The molecule has 0 bridgehead atoms. The van der Waals surface area contributed by atoms with Crippen LogP contribution in [0.2, 0.25) is 0 Å². The normalized spacial score (nSPS) is 23.3. The minimum atomic E-state index is -0.616. The van der Waals surface area contributed by atoms with E-state index in [1.54, 1.807) is 14.2 Å². The van der Waals surface area contributed by atoms with Crippen LogP contribution in [0.25, 0.3) is 0 Å². The van der Waals surface area contributed by atoms with Crippen molar-refractivity contribution < 1.29 is 18.9 Å². The molecule has 138 valence electrons. The number of methoxy groups -OCH3 is 2. The number of ether oxygens (including phenoxy) is 4. The second-order valence-corrected chi connectivity index (χ2v) is 7.07. The summed E-state index contributed by atoms with van der Waals surface area (Å²) in [6.45, 7) is 2.79. The quantitative estimate of drug-likeness (QED) is 0.770. The molecule has 0 aliphatic carbocycles. The first-order valence-corrected chi connectivity index (χ1v) is 9.36. The van der Waals surface area contributed by atoms with Crippen molar-refractivity contribution in [1.82, 2.24) is 0 Å². The van der Waals surface area contributed by atoms with Crippen LogP contribution >= 0.6 is 0 Å². The summed E-state index contributed by atoms with van der Waals surface area (Å²) in [5, 5.41) is 0. The zero-order valence-corrected chi connectivity index (χ0v) is 15.7. The molecule has 0 amide bonds. The van der Waals surface area contributed by atoms with E-state index in [0.29, 0.717) is 6.61 Å². The van der Waals surface area contributed by atoms with Gasteiger partial charge in [0.25, 0.3) is 0 Å². The van der Waals surface area contributed by atoms with Gasteiger partial charge in [-0.3, -0.25) is 0 Å². The van der Waals surface area contributed by atoms with Crippen LogP contribution < -0.4 is 14.2 Å². The van der Waals surface area contributed by atoms with Gasteiger partial charge < -0.3 is 18.9 Å². The topological polar surface area (TPSA) is 36.9 Å². The van der Waals surface area contributed by atoms with Crippen molar-refractivity contribution in [1.29, 1.82) is 0 Å². The standard InChI is InChI=1S/C22H26O4/c1-4-5-10-22-19(17-9-7-6-8-15(17)14-25-22)13-18-20(24-3)11-16(23-2)12-21(18)26-22/h6-9,11-12,19H,4-5,10,13-14H2,1-3H3/t19-,22-/m0/s1. The van der Waals surface area contributed by atoms with Crippen molar-refractivity contribution in [3.8, 4) is 17.2 Å². The lowest BCUT2D eigenvalue weighted by atomic mass is 9.77. The molecular formula is C22H26O4. The molecule has 4 heteroatoms. The molecule has 2 aromatic rings. The van der Waals surface area contributed by atoms with Gasteiger partial charge in [0.2, 0.25) is 5.79 Å². The molecule has 2 atom stereocenters.